The predicted molar refractivity (Wildman–Crippen MR) is 105 cm³/mol. The highest BCUT2D eigenvalue weighted by molar-refractivity contribution is 8.00. The molecule has 7 heteroatoms. The van der Waals surface area contributed by atoms with Crippen LogP contribution in [-0.4, -0.2) is 21.9 Å². The van der Waals surface area contributed by atoms with Crippen molar-refractivity contribution >= 4 is 28.6 Å². The first-order chi connectivity index (χ1) is 12.7. The Hall–Kier alpha value is -2.41. The zero-order valence-corrected chi connectivity index (χ0v) is 15.6. The van der Waals surface area contributed by atoms with Crippen molar-refractivity contribution in [2.24, 2.45) is 13.0 Å². The molecule has 3 aromatic heterocycles. The van der Waals surface area contributed by atoms with Gasteiger partial charge in [-0.1, -0.05) is 18.9 Å². The van der Waals surface area contributed by atoms with E-state index >= 15 is 0 Å². The van der Waals surface area contributed by atoms with Crippen LogP contribution >= 0.6 is 11.9 Å². The van der Waals surface area contributed by atoms with Crippen LogP contribution in [0.5, 0.6) is 5.88 Å². The van der Waals surface area contributed by atoms with E-state index < -0.39 is 0 Å². The quantitative estimate of drug-likeness (QED) is 0.632. The lowest BCUT2D eigenvalue weighted by Gasteiger charge is -2.14. The summed E-state index contributed by atoms with van der Waals surface area (Å²) in [6, 6.07) is 3.84. The molecule has 136 valence electrons. The second-order valence-electron chi connectivity index (χ2n) is 6.49. The fraction of sp³-hybridized carbons (Fsp3) is 0.368. The molecule has 6 nitrogen and oxygen atoms in total. The van der Waals surface area contributed by atoms with Crippen LogP contribution in [0.15, 0.2) is 40.0 Å². The Morgan fingerprint density at radius 3 is 3.04 bits per heavy atom. The van der Waals surface area contributed by atoms with Crippen LogP contribution < -0.4 is 15.0 Å². The molecule has 4 rings (SSSR count). The average Bonchev–Trinajstić information content (AvgIpc) is 3.35. The van der Waals surface area contributed by atoms with Crippen molar-refractivity contribution in [2.75, 3.05) is 17.1 Å². The summed E-state index contributed by atoms with van der Waals surface area (Å²) in [5.41, 5.74) is 2.82. The zero-order valence-electron chi connectivity index (χ0n) is 14.8. The lowest BCUT2D eigenvalue weighted by atomic mass is 10.0. The second kappa shape index (κ2) is 7.07. The van der Waals surface area contributed by atoms with Crippen LogP contribution in [0.25, 0.3) is 22.1 Å². The van der Waals surface area contributed by atoms with E-state index in [9.17, 15) is 4.79 Å². The predicted octanol–water partition coefficient (Wildman–Crippen LogP) is 4.06. The first kappa shape index (κ1) is 17.0. The van der Waals surface area contributed by atoms with Crippen LogP contribution in [-0.2, 0) is 7.05 Å². The molecular formula is C19H21N3O3S. The Labute approximate surface area is 155 Å². The molecule has 0 amide bonds. The summed E-state index contributed by atoms with van der Waals surface area (Å²) < 4.78 is 16.2. The molecule has 26 heavy (non-hydrogen) atoms. The first-order valence-electron chi connectivity index (χ1n) is 8.75. The van der Waals surface area contributed by atoms with E-state index in [1.807, 2.05) is 18.3 Å². The minimum atomic E-state index is -0.155. The highest BCUT2D eigenvalue weighted by Gasteiger charge is 2.24. The minimum Gasteiger partial charge on any atom is -0.477 e. The molecule has 0 radical (unpaired) electrons. The standard InChI is InChI=1S/C19H21N3O3S/c1-3-26-21-13-8-15(18(20-9-13)25-11-12-4-5-12)16-10-22(2)19(23)17-14(16)6-7-24-17/h6-10,12,21H,3-5,11H2,1-2H3. The smallest absolute Gasteiger partial charge is 0.293 e. The normalized spacial score (nSPS) is 13.9. The molecule has 1 fully saturated rings. The lowest BCUT2D eigenvalue weighted by molar-refractivity contribution is 0.290. The molecule has 0 aliphatic heterocycles. The van der Waals surface area contributed by atoms with Crippen LogP contribution in [0.1, 0.15) is 19.8 Å². The number of nitrogens with one attached hydrogen (secondary N) is 1. The van der Waals surface area contributed by atoms with Gasteiger partial charge in [0.2, 0.25) is 5.88 Å². The molecule has 1 aliphatic carbocycles. The number of ether oxygens (including phenoxy) is 1. The number of nitrogens with zero attached hydrogens (tertiary/aromatic N) is 2. The molecule has 1 N–H and O–H groups in total. The Balaban J connectivity index is 1.83. The Kier molecular flexibility index (Phi) is 4.63. The van der Waals surface area contributed by atoms with Gasteiger partial charge in [-0.25, -0.2) is 4.98 Å². The van der Waals surface area contributed by atoms with Crippen molar-refractivity contribution in [3.8, 4) is 17.0 Å². The Morgan fingerprint density at radius 2 is 2.27 bits per heavy atom. The van der Waals surface area contributed by atoms with E-state index in [2.05, 4.69) is 16.6 Å². The number of hydrogen-bond donors (Lipinski definition) is 1. The topological polar surface area (TPSA) is 69.3 Å². The fourth-order valence-electron chi connectivity index (χ4n) is 2.84. The summed E-state index contributed by atoms with van der Waals surface area (Å²) in [4.78, 5) is 16.8. The maximum absolute atomic E-state index is 12.3. The molecule has 0 aromatic carbocycles. The van der Waals surface area contributed by atoms with Crippen molar-refractivity contribution in [3.63, 3.8) is 0 Å². The number of furan rings is 1. The fourth-order valence-corrected chi connectivity index (χ4v) is 3.26. The summed E-state index contributed by atoms with van der Waals surface area (Å²) in [6.07, 6.45) is 7.57. The number of rotatable bonds is 7. The van der Waals surface area contributed by atoms with Crippen molar-refractivity contribution in [1.29, 1.82) is 0 Å². The monoisotopic (exact) mass is 371 g/mol. The number of aryl methyl sites for hydroxylation is 1. The average molecular weight is 371 g/mol. The SMILES string of the molecule is CCSNc1cnc(OCC2CC2)c(-c2cn(C)c(=O)c3occc23)c1. The van der Waals surface area contributed by atoms with Gasteiger partial charge in [0.05, 0.1) is 24.8 Å². The van der Waals surface area contributed by atoms with E-state index in [1.54, 1.807) is 31.5 Å². The van der Waals surface area contributed by atoms with Gasteiger partial charge in [0.15, 0.2) is 5.58 Å². The molecule has 0 spiro atoms. The summed E-state index contributed by atoms with van der Waals surface area (Å²) in [6.45, 7) is 2.76. The molecular weight excluding hydrogens is 350 g/mol. The van der Waals surface area contributed by atoms with Crippen LogP contribution in [0.3, 0.4) is 0 Å². The van der Waals surface area contributed by atoms with E-state index in [0.29, 0.717) is 24.0 Å². The van der Waals surface area contributed by atoms with Crippen LogP contribution in [0.4, 0.5) is 5.69 Å². The summed E-state index contributed by atoms with van der Waals surface area (Å²) in [5.74, 6) is 2.17. The first-order valence-corrected chi connectivity index (χ1v) is 9.73. The van der Waals surface area contributed by atoms with Crippen LogP contribution in [0, 0.1) is 5.92 Å². The molecule has 0 bridgehead atoms. The van der Waals surface area contributed by atoms with Gasteiger partial charge in [0.1, 0.15) is 0 Å². The second-order valence-corrected chi connectivity index (χ2v) is 7.56. The Morgan fingerprint density at radius 1 is 1.42 bits per heavy atom. The largest absolute Gasteiger partial charge is 0.477 e. The third-order valence-corrected chi connectivity index (χ3v) is 5.09. The molecule has 0 atom stereocenters. The van der Waals surface area contributed by atoms with Gasteiger partial charge in [-0.3, -0.25) is 4.79 Å². The van der Waals surface area contributed by atoms with E-state index in [0.717, 1.165) is 28.0 Å². The van der Waals surface area contributed by atoms with Gasteiger partial charge in [-0.2, -0.15) is 0 Å². The number of pyridine rings is 2. The van der Waals surface area contributed by atoms with Gasteiger partial charge in [0, 0.05) is 35.5 Å². The number of hydrogen-bond acceptors (Lipinski definition) is 6. The maximum atomic E-state index is 12.3. The summed E-state index contributed by atoms with van der Waals surface area (Å²) >= 11 is 1.61. The number of aromatic nitrogens is 2. The van der Waals surface area contributed by atoms with Crippen molar-refractivity contribution < 1.29 is 9.15 Å². The molecule has 3 heterocycles. The van der Waals surface area contributed by atoms with E-state index in [4.69, 9.17) is 9.15 Å². The van der Waals surface area contributed by atoms with Crippen molar-refractivity contribution in [3.05, 3.63) is 41.1 Å². The third-order valence-electron chi connectivity index (χ3n) is 4.42. The van der Waals surface area contributed by atoms with E-state index in [-0.39, 0.29) is 5.56 Å². The van der Waals surface area contributed by atoms with Crippen molar-refractivity contribution in [1.82, 2.24) is 9.55 Å². The highest BCUT2D eigenvalue weighted by atomic mass is 32.2. The molecule has 0 unspecified atom stereocenters. The zero-order chi connectivity index (χ0) is 18.1. The van der Waals surface area contributed by atoms with E-state index in [1.165, 1.54) is 17.4 Å². The maximum Gasteiger partial charge on any atom is 0.293 e. The lowest BCUT2D eigenvalue weighted by Crippen LogP contribution is -2.16. The van der Waals surface area contributed by atoms with Crippen LogP contribution in [0.2, 0.25) is 0 Å². The highest BCUT2D eigenvalue weighted by Crippen LogP contribution is 2.37. The summed E-state index contributed by atoms with van der Waals surface area (Å²) in [5, 5.41) is 0.770. The van der Waals surface area contributed by atoms with Gasteiger partial charge >= 0.3 is 0 Å². The van der Waals surface area contributed by atoms with Gasteiger partial charge in [-0.05, 0) is 30.9 Å². The number of anilines is 1. The van der Waals surface area contributed by atoms with Crippen molar-refractivity contribution in [2.45, 2.75) is 19.8 Å². The molecule has 0 saturated heterocycles. The molecule has 3 aromatic rings. The van der Waals surface area contributed by atoms with Gasteiger partial charge in [0.25, 0.3) is 5.56 Å². The minimum absolute atomic E-state index is 0.155. The molecule has 1 saturated carbocycles. The molecule has 1 aliphatic rings. The Bertz CT molecular complexity index is 991. The summed E-state index contributed by atoms with van der Waals surface area (Å²) in [7, 11) is 1.72. The van der Waals surface area contributed by atoms with Gasteiger partial charge < -0.3 is 18.4 Å². The van der Waals surface area contributed by atoms with Gasteiger partial charge in [-0.15, -0.1) is 0 Å². The number of fused-ring (bicyclic) bond motifs is 1. The third kappa shape index (κ3) is 3.31.